The van der Waals surface area contributed by atoms with Crippen molar-refractivity contribution < 1.29 is 13.2 Å². The molecule has 1 amide bonds. The molecule has 0 spiro atoms. The van der Waals surface area contributed by atoms with E-state index in [1.165, 1.54) is 12.1 Å². The highest BCUT2D eigenvalue weighted by atomic mass is 32.2. The highest BCUT2D eigenvalue weighted by Gasteiger charge is 2.17. The summed E-state index contributed by atoms with van der Waals surface area (Å²) in [6.45, 7) is 6.22. The van der Waals surface area contributed by atoms with Gasteiger partial charge in [-0.1, -0.05) is 19.9 Å². The average Bonchev–Trinajstić information content (AvgIpc) is 2.62. The van der Waals surface area contributed by atoms with E-state index in [9.17, 15) is 13.2 Å². The molecule has 1 heterocycles. The number of pyridine rings is 1. The maximum atomic E-state index is 12.5. The number of hydrogen-bond donors (Lipinski definition) is 2. The minimum Gasteiger partial charge on any atom is -0.349 e. The largest absolute Gasteiger partial charge is 0.349 e. The van der Waals surface area contributed by atoms with E-state index in [-0.39, 0.29) is 23.4 Å². The Morgan fingerprint density at radius 2 is 1.81 bits per heavy atom. The van der Waals surface area contributed by atoms with Crippen molar-refractivity contribution in [1.82, 2.24) is 15.0 Å². The molecule has 0 aliphatic heterocycles. The number of carbonyl (C=O) groups is 1. The second kappa shape index (κ2) is 8.91. The lowest BCUT2D eigenvalue weighted by Crippen LogP contribution is -2.36. The molecule has 6 nitrogen and oxygen atoms in total. The van der Waals surface area contributed by atoms with E-state index < -0.39 is 10.0 Å². The van der Waals surface area contributed by atoms with Crippen molar-refractivity contribution >= 4 is 15.9 Å². The molecule has 1 aromatic carbocycles. The van der Waals surface area contributed by atoms with E-state index in [0.29, 0.717) is 17.9 Å². The van der Waals surface area contributed by atoms with Gasteiger partial charge in [-0.15, -0.1) is 0 Å². The molecule has 26 heavy (non-hydrogen) atoms. The lowest BCUT2D eigenvalue weighted by Gasteiger charge is -2.17. The highest BCUT2D eigenvalue weighted by molar-refractivity contribution is 7.89. The fraction of sp³-hybridized carbons (Fsp3) is 0.368. The molecule has 0 fully saturated rings. The van der Waals surface area contributed by atoms with Crippen LogP contribution in [0.3, 0.4) is 0 Å². The van der Waals surface area contributed by atoms with Crippen molar-refractivity contribution in [3.05, 3.63) is 59.9 Å². The minimum atomic E-state index is -3.68. The Labute approximate surface area is 155 Å². The van der Waals surface area contributed by atoms with E-state index in [1.807, 2.05) is 32.9 Å². The summed E-state index contributed by atoms with van der Waals surface area (Å²) in [5, 5.41) is 2.88. The first kappa shape index (κ1) is 20.1. The number of rotatable bonds is 8. The molecule has 2 aromatic rings. The first-order valence-corrected chi connectivity index (χ1v) is 10.1. The Balaban J connectivity index is 2.04. The fourth-order valence-electron chi connectivity index (χ4n) is 2.22. The van der Waals surface area contributed by atoms with Crippen LogP contribution in [0, 0.1) is 5.92 Å². The summed E-state index contributed by atoms with van der Waals surface area (Å²) in [6.07, 6.45) is 3.90. The van der Waals surface area contributed by atoms with Gasteiger partial charge < -0.3 is 5.32 Å². The van der Waals surface area contributed by atoms with Gasteiger partial charge in [-0.05, 0) is 55.2 Å². The lowest BCUT2D eigenvalue weighted by atomic mass is 10.1. The van der Waals surface area contributed by atoms with Gasteiger partial charge in [0, 0.05) is 30.5 Å². The Morgan fingerprint density at radius 3 is 2.46 bits per heavy atom. The Kier molecular flexibility index (Phi) is 6.88. The maximum absolute atomic E-state index is 12.5. The molecule has 0 saturated heterocycles. The van der Waals surface area contributed by atoms with Gasteiger partial charge in [0.25, 0.3) is 5.91 Å². The van der Waals surface area contributed by atoms with Gasteiger partial charge in [0.15, 0.2) is 0 Å². The molecule has 0 unspecified atom stereocenters. The van der Waals surface area contributed by atoms with Crippen LogP contribution in [0.5, 0.6) is 0 Å². The normalized spacial score (nSPS) is 12.8. The van der Waals surface area contributed by atoms with Gasteiger partial charge in [-0.2, -0.15) is 0 Å². The number of hydrogen-bond acceptors (Lipinski definition) is 4. The molecule has 0 radical (unpaired) electrons. The molecular formula is C19H25N3O3S. The van der Waals surface area contributed by atoms with Crippen LogP contribution in [0.1, 0.15) is 36.7 Å². The Morgan fingerprint density at radius 1 is 1.12 bits per heavy atom. The van der Waals surface area contributed by atoms with Gasteiger partial charge >= 0.3 is 0 Å². The van der Waals surface area contributed by atoms with Gasteiger partial charge in [0.1, 0.15) is 0 Å². The van der Waals surface area contributed by atoms with Gasteiger partial charge in [0.05, 0.1) is 4.90 Å². The minimum absolute atomic E-state index is 0.00116. The predicted octanol–water partition coefficient (Wildman–Crippen LogP) is 2.38. The smallest absolute Gasteiger partial charge is 0.251 e. The van der Waals surface area contributed by atoms with Crippen molar-refractivity contribution in [1.29, 1.82) is 0 Å². The quantitative estimate of drug-likeness (QED) is 0.741. The van der Waals surface area contributed by atoms with E-state index in [2.05, 4.69) is 15.0 Å². The van der Waals surface area contributed by atoms with Crippen molar-refractivity contribution in [2.45, 2.75) is 38.1 Å². The summed E-state index contributed by atoms with van der Waals surface area (Å²) in [7, 11) is -3.68. The third-order valence-electron chi connectivity index (χ3n) is 4.22. The van der Waals surface area contributed by atoms with Crippen LogP contribution in [0.2, 0.25) is 0 Å². The predicted molar refractivity (Wildman–Crippen MR) is 101 cm³/mol. The van der Waals surface area contributed by atoms with E-state index in [0.717, 1.165) is 5.56 Å². The standard InChI is InChI=1S/C19H25N3O3S/c1-14(2)15(3)22-19(23)17-5-4-6-18(13-17)26(24,25)21-12-9-16-7-10-20-11-8-16/h4-8,10-11,13-15,21H,9,12H2,1-3H3,(H,22,23)/t15-/m1/s1. The lowest BCUT2D eigenvalue weighted by molar-refractivity contribution is 0.0930. The molecule has 2 N–H and O–H groups in total. The van der Waals surface area contributed by atoms with Crippen LogP contribution in [0.25, 0.3) is 0 Å². The van der Waals surface area contributed by atoms with Crippen molar-refractivity contribution in [2.24, 2.45) is 5.92 Å². The highest BCUT2D eigenvalue weighted by Crippen LogP contribution is 2.12. The average molecular weight is 375 g/mol. The summed E-state index contributed by atoms with van der Waals surface area (Å²) in [6, 6.07) is 9.75. The second-order valence-electron chi connectivity index (χ2n) is 6.54. The fourth-order valence-corrected chi connectivity index (χ4v) is 3.30. The second-order valence-corrected chi connectivity index (χ2v) is 8.30. The van der Waals surface area contributed by atoms with E-state index in [4.69, 9.17) is 0 Å². The number of carbonyl (C=O) groups excluding carboxylic acids is 1. The Bertz CT molecular complexity index is 836. The van der Waals surface area contributed by atoms with E-state index in [1.54, 1.807) is 24.5 Å². The maximum Gasteiger partial charge on any atom is 0.251 e. The molecule has 140 valence electrons. The molecule has 0 bridgehead atoms. The number of benzene rings is 1. The van der Waals surface area contributed by atoms with Crippen LogP contribution >= 0.6 is 0 Å². The number of aromatic nitrogens is 1. The summed E-state index contributed by atoms with van der Waals surface area (Å²) >= 11 is 0. The van der Waals surface area contributed by atoms with E-state index >= 15 is 0 Å². The molecule has 0 aliphatic carbocycles. The van der Waals surface area contributed by atoms with Crippen LogP contribution < -0.4 is 10.0 Å². The number of nitrogens with zero attached hydrogens (tertiary/aromatic N) is 1. The summed E-state index contributed by atoms with van der Waals surface area (Å²) < 4.78 is 27.5. The zero-order valence-electron chi connectivity index (χ0n) is 15.3. The van der Waals surface area contributed by atoms with Crippen LogP contribution in [0.15, 0.2) is 53.7 Å². The molecule has 1 aromatic heterocycles. The molecular weight excluding hydrogens is 350 g/mol. The molecule has 1 atom stereocenters. The van der Waals surface area contributed by atoms with Gasteiger partial charge in [-0.25, -0.2) is 13.1 Å². The molecule has 0 saturated carbocycles. The van der Waals surface area contributed by atoms with Crippen LogP contribution in [0.4, 0.5) is 0 Å². The summed E-state index contributed by atoms with van der Waals surface area (Å²) in [5.74, 6) is 0.0146. The third kappa shape index (κ3) is 5.64. The zero-order chi connectivity index (χ0) is 19.2. The van der Waals surface area contributed by atoms with Crippen LogP contribution in [-0.4, -0.2) is 31.9 Å². The van der Waals surface area contributed by atoms with Gasteiger partial charge in [0.2, 0.25) is 10.0 Å². The first-order valence-electron chi connectivity index (χ1n) is 8.59. The number of nitrogens with one attached hydrogen (secondary N) is 2. The van der Waals surface area contributed by atoms with Crippen molar-refractivity contribution in [3.63, 3.8) is 0 Å². The van der Waals surface area contributed by atoms with Crippen molar-refractivity contribution in [2.75, 3.05) is 6.54 Å². The topological polar surface area (TPSA) is 88.2 Å². The van der Waals surface area contributed by atoms with Gasteiger partial charge in [-0.3, -0.25) is 9.78 Å². The summed E-state index contributed by atoms with van der Waals surface area (Å²) in [4.78, 5) is 16.3. The zero-order valence-corrected chi connectivity index (χ0v) is 16.1. The SMILES string of the molecule is CC(C)[C@@H](C)NC(=O)c1cccc(S(=O)(=O)NCCc2ccncc2)c1. The molecule has 0 aliphatic rings. The first-order chi connectivity index (χ1) is 12.3. The van der Waals surface area contributed by atoms with Crippen LogP contribution in [-0.2, 0) is 16.4 Å². The monoisotopic (exact) mass is 375 g/mol. The Hall–Kier alpha value is -2.25. The number of amides is 1. The number of sulfonamides is 1. The molecule has 2 rings (SSSR count). The summed E-state index contributed by atoms with van der Waals surface area (Å²) in [5.41, 5.74) is 1.33. The third-order valence-corrected chi connectivity index (χ3v) is 5.68. The molecule has 7 heteroatoms. The van der Waals surface area contributed by atoms with Crippen molar-refractivity contribution in [3.8, 4) is 0 Å².